The van der Waals surface area contributed by atoms with Crippen molar-refractivity contribution in [3.8, 4) is 22.8 Å². The maximum Gasteiger partial charge on any atom is 0.251 e. The highest BCUT2D eigenvalue weighted by Crippen LogP contribution is 2.31. The lowest BCUT2D eigenvalue weighted by molar-refractivity contribution is 0.285. The SMILES string of the molecule is Cn1c(COc2cn(CC3CC3)nc(-c3ccnn3-c3ccccc3)c2=O)nc2ccccc21. The molecule has 0 amide bonds. The molecule has 1 aliphatic rings. The van der Waals surface area contributed by atoms with Crippen molar-refractivity contribution in [2.24, 2.45) is 13.0 Å². The minimum atomic E-state index is -0.261. The van der Waals surface area contributed by atoms with Crippen molar-refractivity contribution < 1.29 is 4.74 Å². The van der Waals surface area contributed by atoms with Crippen LogP contribution in [0, 0.1) is 5.92 Å². The van der Waals surface area contributed by atoms with Gasteiger partial charge in [-0.25, -0.2) is 9.67 Å². The van der Waals surface area contributed by atoms with E-state index in [9.17, 15) is 4.79 Å². The first-order valence-electron chi connectivity index (χ1n) is 11.4. The molecule has 1 aliphatic carbocycles. The van der Waals surface area contributed by atoms with Crippen LogP contribution >= 0.6 is 0 Å². The highest BCUT2D eigenvalue weighted by Gasteiger charge is 2.24. The Labute approximate surface area is 196 Å². The second-order valence-corrected chi connectivity index (χ2v) is 8.66. The fraction of sp³-hybridized carbons (Fsp3) is 0.231. The molecule has 8 heteroatoms. The summed E-state index contributed by atoms with van der Waals surface area (Å²) >= 11 is 0. The third-order valence-electron chi connectivity index (χ3n) is 6.20. The normalized spacial score (nSPS) is 13.4. The van der Waals surface area contributed by atoms with Gasteiger partial charge in [-0.2, -0.15) is 10.2 Å². The Hall–Kier alpha value is -4.20. The highest BCUT2D eigenvalue weighted by molar-refractivity contribution is 5.75. The zero-order valence-corrected chi connectivity index (χ0v) is 18.8. The molecule has 5 aromatic rings. The molecule has 0 radical (unpaired) electrons. The van der Waals surface area contributed by atoms with Crippen LogP contribution in [-0.4, -0.2) is 29.1 Å². The highest BCUT2D eigenvalue weighted by atomic mass is 16.5. The Morgan fingerprint density at radius 1 is 1.03 bits per heavy atom. The van der Waals surface area contributed by atoms with Crippen LogP contribution in [0.3, 0.4) is 0 Å². The van der Waals surface area contributed by atoms with Crippen LogP contribution in [0.1, 0.15) is 18.7 Å². The first kappa shape index (κ1) is 20.4. The molecule has 170 valence electrons. The summed E-state index contributed by atoms with van der Waals surface area (Å²) in [5.41, 5.74) is 3.48. The Kier molecular flexibility index (Phi) is 4.98. The first-order valence-corrected chi connectivity index (χ1v) is 11.4. The Morgan fingerprint density at radius 3 is 2.62 bits per heavy atom. The Morgan fingerprint density at radius 2 is 1.82 bits per heavy atom. The van der Waals surface area contributed by atoms with E-state index in [1.165, 1.54) is 12.8 Å². The van der Waals surface area contributed by atoms with Crippen LogP contribution in [0.5, 0.6) is 5.75 Å². The lowest BCUT2D eigenvalue weighted by Gasteiger charge is -2.13. The molecule has 3 heterocycles. The minimum Gasteiger partial charge on any atom is -0.480 e. The van der Waals surface area contributed by atoms with Crippen molar-refractivity contribution in [2.75, 3.05) is 0 Å². The molecule has 34 heavy (non-hydrogen) atoms. The number of hydrogen-bond acceptors (Lipinski definition) is 5. The minimum absolute atomic E-state index is 0.186. The van der Waals surface area contributed by atoms with Crippen LogP contribution in [0.15, 0.2) is 77.9 Å². The van der Waals surface area contributed by atoms with Crippen LogP contribution in [-0.2, 0) is 20.2 Å². The molecule has 0 aliphatic heterocycles. The molecule has 1 saturated carbocycles. The fourth-order valence-corrected chi connectivity index (χ4v) is 4.17. The molecular formula is C26H24N6O2. The second kappa shape index (κ2) is 8.30. The summed E-state index contributed by atoms with van der Waals surface area (Å²) in [4.78, 5) is 18.2. The van der Waals surface area contributed by atoms with Crippen LogP contribution in [0.2, 0.25) is 0 Å². The zero-order valence-electron chi connectivity index (χ0n) is 18.8. The van der Waals surface area contributed by atoms with E-state index >= 15 is 0 Å². The monoisotopic (exact) mass is 452 g/mol. The van der Waals surface area contributed by atoms with E-state index in [-0.39, 0.29) is 17.8 Å². The van der Waals surface area contributed by atoms with Gasteiger partial charge in [-0.1, -0.05) is 30.3 Å². The van der Waals surface area contributed by atoms with Gasteiger partial charge < -0.3 is 9.30 Å². The fourth-order valence-electron chi connectivity index (χ4n) is 4.17. The van der Waals surface area contributed by atoms with Gasteiger partial charge in [0.15, 0.2) is 11.4 Å². The summed E-state index contributed by atoms with van der Waals surface area (Å²) in [6.45, 7) is 0.945. The number of fused-ring (bicyclic) bond motifs is 1. The van der Waals surface area contributed by atoms with Crippen molar-refractivity contribution in [3.05, 3.63) is 89.1 Å². The standard InChI is InChI=1S/C26H24N6O2/c1-30-21-10-6-5-9-20(21)28-24(30)17-34-23-16-31(15-18-11-12-18)29-25(26(23)33)22-13-14-27-32(22)19-7-3-2-4-8-19/h2-10,13-14,16,18H,11-12,15,17H2,1H3. The summed E-state index contributed by atoms with van der Waals surface area (Å²) in [6, 6.07) is 19.5. The van der Waals surface area contributed by atoms with Gasteiger partial charge in [0.25, 0.3) is 5.43 Å². The maximum atomic E-state index is 13.5. The lowest BCUT2D eigenvalue weighted by atomic mass is 10.2. The first-order chi connectivity index (χ1) is 16.7. The third kappa shape index (κ3) is 3.77. The van der Waals surface area contributed by atoms with Crippen molar-refractivity contribution in [1.82, 2.24) is 29.1 Å². The number of benzene rings is 2. The third-order valence-corrected chi connectivity index (χ3v) is 6.20. The van der Waals surface area contributed by atoms with E-state index in [1.54, 1.807) is 17.1 Å². The number of imidazole rings is 1. The lowest BCUT2D eigenvalue weighted by Crippen LogP contribution is -2.20. The molecule has 6 rings (SSSR count). The molecule has 1 fully saturated rings. The largest absolute Gasteiger partial charge is 0.480 e. The van der Waals surface area contributed by atoms with Crippen molar-refractivity contribution >= 4 is 11.0 Å². The van der Waals surface area contributed by atoms with Crippen molar-refractivity contribution in [3.63, 3.8) is 0 Å². The second-order valence-electron chi connectivity index (χ2n) is 8.66. The van der Waals surface area contributed by atoms with Gasteiger partial charge in [0, 0.05) is 13.6 Å². The van der Waals surface area contributed by atoms with Crippen LogP contribution < -0.4 is 10.2 Å². The topological polar surface area (TPSA) is 79.8 Å². The number of nitrogens with zero attached hydrogens (tertiary/aromatic N) is 6. The maximum absolute atomic E-state index is 13.5. The van der Waals surface area contributed by atoms with Gasteiger partial charge in [0.2, 0.25) is 0 Å². The van der Waals surface area contributed by atoms with E-state index in [0.717, 1.165) is 29.1 Å². The van der Waals surface area contributed by atoms with E-state index in [1.807, 2.05) is 77.0 Å². The molecule has 8 nitrogen and oxygen atoms in total. The zero-order chi connectivity index (χ0) is 23.1. The van der Waals surface area contributed by atoms with Gasteiger partial charge in [-0.3, -0.25) is 9.48 Å². The predicted octanol–water partition coefficient (Wildman–Crippen LogP) is 3.97. The van der Waals surface area contributed by atoms with E-state index < -0.39 is 0 Å². The summed E-state index contributed by atoms with van der Waals surface area (Å²) in [5.74, 6) is 1.61. The molecule has 0 unspecified atom stereocenters. The molecular weight excluding hydrogens is 428 g/mol. The average Bonchev–Trinajstić information content (AvgIpc) is 3.44. The van der Waals surface area contributed by atoms with Crippen molar-refractivity contribution in [2.45, 2.75) is 26.0 Å². The molecule has 0 saturated heterocycles. The molecule has 3 aromatic heterocycles. The molecule has 2 aromatic carbocycles. The van der Waals surface area contributed by atoms with E-state index in [2.05, 4.69) is 10.1 Å². The number of ether oxygens (including phenoxy) is 1. The van der Waals surface area contributed by atoms with Crippen LogP contribution in [0.25, 0.3) is 28.1 Å². The number of aryl methyl sites for hydroxylation is 1. The number of rotatable bonds is 7. The van der Waals surface area contributed by atoms with Gasteiger partial charge in [-0.05, 0) is 49.1 Å². The number of hydrogen-bond donors (Lipinski definition) is 0. The smallest absolute Gasteiger partial charge is 0.251 e. The van der Waals surface area contributed by atoms with Gasteiger partial charge in [-0.15, -0.1) is 0 Å². The Balaban J connectivity index is 1.39. The van der Waals surface area contributed by atoms with E-state index in [4.69, 9.17) is 9.84 Å². The molecule has 0 spiro atoms. The van der Waals surface area contributed by atoms with Crippen molar-refractivity contribution in [1.29, 1.82) is 0 Å². The summed E-state index contributed by atoms with van der Waals surface area (Å²) in [7, 11) is 1.95. The average molecular weight is 453 g/mol. The molecule has 0 atom stereocenters. The summed E-state index contributed by atoms with van der Waals surface area (Å²) < 4.78 is 11.6. The quantitative estimate of drug-likeness (QED) is 0.373. The summed E-state index contributed by atoms with van der Waals surface area (Å²) in [6.07, 6.45) is 5.76. The van der Waals surface area contributed by atoms with Crippen LogP contribution in [0.4, 0.5) is 0 Å². The summed E-state index contributed by atoms with van der Waals surface area (Å²) in [5, 5.41) is 9.13. The number of aromatic nitrogens is 6. The van der Waals surface area contributed by atoms with Gasteiger partial charge >= 0.3 is 0 Å². The molecule has 0 bridgehead atoms. The van der Waals surface area contributed by atoms with E-state index in [0.29, 0.717) is 17.3 Å². The molecule has 0 N–H and O–H groups in total. The Bertz CT molecular complexity index is 1530. The predicted molar refractivity (Wildman–Crippen MR) is 129 cm³/mol. The van der Waals surface area contributed by atoms with Gasteiger partial charge in [0.05, 0.1) is 34.8 Å². The number of para-hydroxylation sites is 3. The van der Waals surface area contributed by atoms with Gasteiger partial charge in [0.1, 0.15) is 12.4 Å².